The van der Waals surface area contributed by atoms with Crippen molar-refractivity contribution in [1.29, 1.82) is 0 Å². The maximum Gasteiger partial charge on any atom is 0.227 e. The maximum absolute atomic E-state index is 6.19. The first-order valence-electron chi connectivity index (χ1n) is 9.05. The van der Waals surface area contributed by atoms with Crippen LogP contribution in [0.2, 0.25) is 5.02 Å². The molecule has 2 heterocycles. The van der Waals surface area contributed by atoms with Crippen LogP contribution in [0.15, 0.2) is 18.2 Å². The van der Waals surface area contributed by atoms with Gasteiger partial charge in [0.2, 0.25) is 5.95 Å². The van der Waals surface area contributed by atoms with Crippen molar-refractivity contribution in [2.24, 2.45) is 0 Å². The quantitative estimate of drug-likeness (QED) is 0.810. The van der Waals surface area contributed by atoms with Gasteiger partial charge >= 0.3 is 0 Å². The molecule has 0 saturated carbocycles. The van der Waals surface area contributed by atoms with E-state index in [4.69, 9.17) is 26.1 Å². The lowest BCUT2D eigenvalue weighted by molar-refractivity contribution is 0.270. The van der Waals surface area contributed by atoms with Gasteiger partial charge in [0, 0.05) is 50.1 Å². The van der Waals surface area contributed by atoms with Gasteiger partial charge in [-0.1, -0.05) is 18.5 Å². The second-order valence-corrected chi connectivity index (χ2v) is 6.84. The van der Waals surface area contributed by atoms with Gasteiger partial charge in [0.15, 0.2) is 0 Å². The number of aryl methyl sites for hydroxylation is 1. The van der Waals surface area contributed by atoms with Crippen LogP contribution in [0.4, 0.5) is 17.5 Å². The Bertz CT molecular complexity index is 794. The molecular weight excluding hydrogens is 366 g/mol. The number of likely N-dealkylation sites (N-methyl/N-ethyl adjacent to an activating group) is 1. The molecule has 27 heavy (non-hydrogen) atoms. The highest BCUT2D eigenvalue weighted by Crippen LogP contribution is 2.37. The molecule has 1 aliphatic rings. The predicted molar refractivity (Wildman–Crippen MR) is 109 cm³/mol. The first-order chi connectivity index (χ1) is 13.0. The summed E-state index contributed by atoms with van der Waals surface area (Å²) in [6.45, 7) is 9.14. The number of halogens is 1. The fraction of sp³-hybridized carbons (Fsp3) is 0.474. The molecule has 0 atom stereocenters. The summed E-state index contributed by atoms with van der Waals surface area (Å²) in [5, 5.41) is 3.81. The molecule has 3 rings (SSSR count). The Hall–Kier alpha value is -2.25. The monoisotopic (exact) mass is 391 g/mol. The average Bonchev–Trinajstić information content (AvgIpc) is 2.68. The van der Waals surface area contributed by atoms with Crippen LogP contribution in [0.1, 0.15) is 12.6 Å². The number of hydrogen-bond acceptors (Lipinski definition) is 7. The van der Waals surface area contributed by atoms with Crippen LogP contribution < -0.4 is 19.7 Å². The van der Waals surface area contributed by atoms with Crippen LogP contribution >= 0.6 is 11.6 Å². The molecule has 2 aromatic rings. The predicted octanol–water partition coefficient (Wildman–Crippen LogP) is 3.34. The zero-order valence-corrected chi connectivity index (χ0v) is 17.0. The van der Waals surface area contributed by atoms with Crippen molar-refractivity contribution in [2.45, 2.75) is 13.8 Å². The molecule has 1 aliphatic heterocycles. The molecule has 1 fully saturated rings. The van der Waals surface area contributed by atoms with Crippen molar-refractivity contribution in [3.05, 3.63) is 28.9 Å². The topological polar surface area (TPSA) is 62.8 Å². The second-order valence-electron chi connectivity index (χ2n) is 6.43. The molecule has 0 unspecified atom stereocenters. The van der Waals surface area contributed by atoms with E-state index in [9.17, 15) is 0 Å². The molecule has 0 amide bonds. The smallest absolute Gasteiger partial charge is 0.227 e. The maximum atomic E-state index is 6.19. The van der Waals surface area contributed by atoms with Gasteiger partial charge in [-0.15, -0.1) is 0 Å². The van der Waals surface area contributed by atoms with Crippen molar-refractivity contribution >= 4 is 29.1 Å². The van der Waals surface area contributed by atoms with Gasteiger partial charge in [0.05, 0.1) is 24.9 Å². The number of anilines is 3. The lowest BCUT2D eigenvalue weighted by atomic mass is 10.2. The van der Waals surface area contributed by atoms with E-state index < -0.39 is 0 Å². The van der Waals surface area contributed by atoms with Gasteiger partial charge in [-0.05, 0) is 13.5 Å². The Labute approximate surface area is 165 Å². The van der Waals surface area contributed by atoms with Gasteiger partial charge in [-0.2, -0.15) is 4.98 Å². The SMILES string of the molecule is CCN1CCN(c2nc(C)cc(Nc3cc(OC)c(Cl)cc3OC)n2)CC1. The van der Waals surface area contributed by atoms with Crippen LogP contribution in [-0.4, -0.2) is 61.8 Å². The summed E-state index contributed by atoms with van der Waals surface area (Å²) in [5.74, 6) is 2.64. The lowest BCUT2D eigenvalue weighted by Crippen LogP contribution is -2.46. The van der Waals surface area contributed by atoms with Gasteiger partial charge in [-0.3, -0.25) is 0 Å². The minimum atomic E-state index is 0.494. The van der Waals surface area contributed by atoms with Gasteiger partial charge < -0.3 is 24.6 Å². The number of ether oxygens (including phenoxy) is 2. The highest BCUT2D eigenvalue weighted by atomic mass is 35.5. The molecule has 1 aromatic carbocycles. The zero-order valence-electron chi connectivity index (χ0n) is 16.3. The number of nitrogens with one attached hydrogen (secondary N) is 1. The van der Waals surface area contributed by atoms with Gasteiger partial charge in [-0.25, -0.2) is 4.98 Å². The van der Waals surface area contributed by atoms with Gasteiger partial charge in [0.1, 0.15) is 17.3 Å². The van der Waals surface area contributed by atoms with E-state index >= 15 is 0 Å². The van der Waals surface area contributed by atoms with E-state index in [0.717, 1.165) is 50.1 Å². The fourth-order valence-corrected chi connectivity index (χ4v) is 3.35. The van der Waals surface area contributed by atoms with Crippen LogP contribution in [0.3, 0.4) is 0 Å². The molecule has 0 radical (unpaired) electrons. The number of aromatic nitrogens is 2. The second kappa shape index (κ2) is 8.63. The number of hydrogen-bond donors (Lipinski definition) is 1. The Balaban J connectivity index is 1.85. The van der Waals surface area contributed by atoms with Crippen molar-refractivity contribution in [3.8, 4) is 11.5 Å². The van der Waals surface area contributed by atoms with Crippen molar-refractivity contribution in [3.63, 3.8) is 0 Å². The molecule has 0 bridgehead atoms. The minimum Gasteiger partial charge on any atom is -0.495 e. The molecule has 1 saturated heterocycles. The summed E-state index contributed by atoms with van der Waals surface area (Å²) in [6.07, 6.45) is 0. The van der Waals surface area contributed by atoms with E-state index in [2.05, 4.69) is 27.0 Å². The number of benzene rings is 1. The van der Waals surface area contributed by atoms with E-state index in [1.807, 2.05) is 13.0 Å². The summed E-state index contributed by atoms with van der Waals surface area (Å²) >= 11 is 6.19. The highest BCUT2D eigenvalue weighted by molar-refractivity contribution is 6.32. The number of nitrogens with zero attached hydrogens (tertiary/aromatic N) is 4. The van der Waals surface area contributed by atoms with Crippen molar-refractivity contribution in [1.82, 2.24) is 14.9 Å². The summed E-state index contributed by atoms with van der Waals surface area (Å²) in [6, 6.07) is 5.44. The first-order valence-corrected chi connectivity index (χ1v) is 9.43. The highest BCUT2D eigenvalue weighted by Gasteiger charge is 2.19. The molecule has 1 aromatic heterocycles. The minimum absolute atomic E-state index is 0.494. The zero-order chi connectivity index (χ0) is 19.4. The van der Waals surface area contributed by atoms with Crippen molar-refractivity contribution < 1.29 is 9.47 Å². The normalized spacial score (nSPS) is 14.9. The lowest BCUT2D eigenvalue weighted by Gasteiger charge is -2.34. The summed E-state index contributed by atoms with van der Waals surface area (Å²) in [5.41, 5.74) is 1.64. The van der Waals surface area contributed by atoms with Crippen LogP contribution in [0, 0.1) is 6.92 Å². The molecule has 1 N–H and O–H groups in total. The molecule has 0 aliphatic carbocycles. The largest absolute Gasteiger partial charge is 0.495 e. The molecule has 0 spiro atoms. The van der Waals surface area contributed by atoms with Crippen molar-refractivity contribution in [2.75, 3.05) is 57.2 Å². The summed E-state index contributed by atoms with van der Waals surface area (Å²) in [7, 11) is 3.19. The third-order valence-electron chi connectivity index (χ3n) is 4.68. The van der Waals surface area contributed by atoms with Crippen LogP contribution in [-0.2, 0) is 0 Å². The first kappa shape index (κ1) is 19.5. The average molecular weight is 392 g/mol. The molecule has 8 heteroatoms. The van der Waals surface area contributed by atoms with E-state index in [1.165, 1.54) is 0 Å². The van der Waals surface area contributed by atoms with E-state index in [-0.39, 0.29) is 0 Å². The van der Waals surface area contributed by atoms with Gasteiger partial charge in [0.25, 0.3) is 0 Å². The third-order valence-corrected chi connectivity index (χ3v) is 4.98. The summed E-state index contributed by atoms with van der Waals surface area (Å²) in [4.78, 5) is 14.0. The van der Waals surface area contributed by atoms with E-state index in [1.54, 1.807) is 26.4 Å². The number of piperazine rings is 1. The Morgan fingerprint density at radius 2 is 1.74 bits per heavy atom. The Morgan fingerprint density at radius 1 is 1.04 bits per heavy atom. The molecular formula is C19H26ClN5O2. The molecule has 146 valence electrons. The third kappa shape index (κ3) is 4.54. The molecule has 7 nitrogen and oxygen atoms in total. The van der Waals surface area contributed by atoms with E-state index in [0.29, 0.717) is 22.3 Å². The summed E-state index contributed by atoms with van der Waals surface area (Å²) < 4.78 is 10.7. The van der Waals surface area contributed by atoms with Crippen LogP contribution in [0.25, 0.3) is 0 Å². The Kier molecular flexibility index (Phi) is 6.23. The number of rotatable bonds is 6. The van der Waals surface area contributed by atoms with Crippen LogP contribution in [0.5, 0.6) is 11.5 Å². The standard InChI is InChI=1S/C19H26ClN5O2/c1-5-24-6-8-25(9-7-24)19-21-13(2)10-18(23-19)22-15-12-16(26-3)14(20)11-17(15)27-4/h10-12H,5-9H2,1-4H3,(H,21,22,23). The Morgan fingerprint density at radius 3 is 2.37 bits per heavy atom. The number of methoxy groups -OCH3 is 2. The fourth-order valence-electron chi connectivity index (χ4n) is 3.12.